The van der Waals surface area contributed by atoms with Crippen molar-refractivity contribution in [2.45, 2.75) is 31.7 Å². The Balaban J connectivity index is 1.33. The Morgan fingerprint density at radius 1 is 1.21 bits per heavy atom. The fourth-order valence-electron chi connectivity index (χ4n) is 4.01. The first-order chi connectivity index (χ1) is 13.7. The highest BCUT2D eigenvalue weighted by atomic mass is 16.5. The van der Waals surface area contributed by atoms with Crippen molar-refractivity contribution >= 4 is 22.9 Å². The van der Waals surface area contributed by atoms with Crippen LogP contribution in [0.1, 0.15) is 28.7 Å². The summed E-state index contributed by atoms with van der Waals surface area (Å²) in [6.45, 7) is 0.971. The molecule has 1 atom stereocenters. The maximum Gasteiger partial charge on any atom is 0.267 e. The van der Waals surface area contributed by atoms with Gasteiger partial charge in [0.05, 0.1) is 0 Å². The van der Waals surface area contributed by atoms with E-state index in [1.807, 2.05) is 6.07 Å². The number of benzene rings is 2. The maximum atomic E-state index is 11.1. The van der Waals surface area contributed by atoms with E-state index in [4.69, 9.17) is 5.21 Å². The number of amides is 1. The lowest BCUT2D eigenvalue weighted by molar-refractivity contribution is -0.124. The molecule has 28 heavy (non-hydrogen) atoms. The standard InChI is InChI=1S/C23H25N3O2/c27-23(26-28)10-6-16-5-7-18-14-20(9-8-17(18)13-16)24-12-11-19-15-25-22-4-2-1-3-21(19)22/h1-7,10,13,15,20,24-25,28H,8-9,11-12,14H2,(H,26,27). The third kappa shape index (κ3) is 4.16. The van der Waals surface area contributed by atoms with E-state index in [1.165, 1.54) is 33.7 Å². The number of carbonyl (C=O) groups excluding carboxylic acids is 1. The van der Waals surface area contributed by atoms with Crippen molar-refractivity contribution in [1.29, 1.82) is 0 Å². The molecule has 4 N–H and O–H groups in total. The minimum absolute atomic E-state index is 0.499. The molecule has 5 nitrogen and oxygen atoms in total. The molecule has 5 heteroatoms. The largest absolute Gasteiger partial charge is 0.361 e. The van der Waals surface area contributed by atoms with Gasteiger partial charge in [0, 0.05) is 29.2 Å². The Morgan fingerprint density at radius 3 is 3.00 bits per heavy atom. The summed E-state index contributed by atoms with van der Waals surface area (Å²) in [6.07, 6.45) is 9.37. The lowest BCUT2D eigenvalue weighted by atomic mass is 9.87. The van der Waals surface area contributed by atoms with Gasteiger partial charge in [0.15, 0.2) is 0 Å². The summed E-state index contributed by atoms with van der Waals surface area (Å²) in [5.41, 5.74) is 7.87. The lowest BCUT2D eigenvalue weighted by Crippen LogP contribution is -2.35. The van der Waals surface area contributed by atoms with Gasteiger partial charge in [-0.2, -0.15) is 0 Å². The smallest absolute Gasteiger partial charge is 0.267 e. The van der Waals surface area contributed by atoms with Crippen molar-refractivity contribution in [3.8, 4) is 0 Å². The first kappa shape index (κ1) is 18.5. The zero-order valence-corrected chi connectivity index (χ0v) is 15.7. The monoisotopic (exact) mass is 375 g/mol. The van der Waals surface area contributed by atoms with Gasteiger partial charge in [-0.1, -0.05) is 36.4 Å². The molecule has 1 aliphatic carbocycles. The van der Waals surface area contributed by atoms with Crippen LogP contribution >= 0.6 is 0 Å². The predicted molar refractivity (Wildman–Crippen MR) is 111 cm³/mol. The van der Waals surface area contributed by atoms with Gasteiger partial charge in [0.2, 0.25) is 0 Å². The van der Waals surface area contributed by atoms with Crippen LogP contribution < -0.4 is 10.8 Å². The van der Waals surface area contributed by atoms with E-state index in [-0.39, 0.29) is 0 Å². The number of aromatic amines is 1. The third-order valence-corrected chi connectivity index (χ3v) is 5.50. The molecule has 144 valence electrons. The summed E-state index contributed by atoms with van der Waals surface area (Å²) in [5, 5.41) is 13.6. The number of nitrogens with one attached hydrogen (secondary N) is 3. The SMILES string of the molecule is O=C(C=Cc1ccc2c(c1)CCC(NCCc1c[nH]c3ccccc13)C2)NO. The van der Waals surface area contributed by atoms with Crippen LogP contribution in [-0.2, 0) is 24.1 Å². The summed E-state index contributed by atoms with van der Waals surface area (Å²) < 4.78 is 0. The molecule has 0 aliphatic heterocycles. The van der Waals surface area contributed by atoms with Gasteiger partial charge in [0.25, 0.3) is 5.91 Å². The summed E-state index contributed by atoms with van der Waals surface area (Å²) in [5.74, 6) is -0.516. The fourth-order valence-corrected chi connectivity index (χ4v) is 4.01. The predicted octanol–water partition coefficient (Wildman–Crippen LogP) is 3.38. The normalized spacial score (nSPS) is 16.4. The van der Waals surface area contributed by atoms with Gasteiger partial charge in [-0.25, -0.2) is 5.48 Å². The van der Waals surface area contributed by atoms with Crippen molar-refractivity contribution in [3.05, 3.63) is 77.0 Å². The van der Waals surface area contributed by atoms with E-state index in [2.05, 4.69) is 52.9 Å². The molecule has 1 aliphatic rings. The van der Waals surface area contributed by atoms with Crippen molar-refractivity contribution in [3.63, 3.8) is 0 Å². The van der Waals surface area contributed by atoms with E-state index < -0.39 is 5.91 Å². The lowest BCUT2D eigenvalue weighted by Gasteiger charge is -2.26. The van der Waals surface area contributed by atoms with E-state index >= 15 is 0 Å². The Hall–Kier alpha value is -2.89. The molecule has 0 fully saturated rings. The minimum atomic E-state index is -0.516. The number of aryl methyl sites for hydroxylation is 1. The molecule has 1 amide bonds. The molecular formula is C23H25N3O2. The summed E-state index contributed by atoms with van der Waals surface area (Å²) in [7, 11) is 0. The zero-order valence-electron chi connectivity index (χ0n) is 15.7. The topological polar surface area (TPSA) is 77.2 Å². The highest BCUT2D eigenvalue weighted by Gasteiger charge is 2.18. The summed E-state index contributed by atoms with van der Waals surface area (Å²) in [4.78, 5) is 14.5. The number of hydrogen-bond acceptors (Lipinski definition) is 3. The molecule has 4 rings (SSSR count). The second-order valence-electron chi connectivity index (χ2n) is 7.34. The van der Waals surface area contributed by atoms with E-state index in [9.17, 15) is 4.79 Å². The summed E-state index contributed by atoms with van der Waals surface area (Å²) in [6, 6.07) is 15.2. The van der Waals surface area contributed by atoms with Crippen LogP contribution in [0.4, 0.5) is 0 Å². The number of carbonyl (C=O) groups is 1. The van der Waals surface area contributed by atoms with Crippen LogP contribution in [0.25, 0.3) is 17.0 Å². The van der Waals surface area contributed by atoms with Crippen molar-refractivity contribution in [1.82, 2.24) is 15.8 Å². The number of aromatic nitrogens is 1. The highest BCUT2D eigenvalue weighted by Crippen LogP contribution is 2.24. The maximum absolute atomic E-state index is 11.1. The third-order valence-electron chi connectivity index (χ3n) is 5.50. The van der Waals surface area contributed by atoms with E-state index in [0.29, 0.717) is 6.04 Å². The molecule has 1 aromatic heterocycles. The van der Waals surface area contributed by atoms with Gasteiger partial charge in [0.1, 0.15) is 0 Å². The van der Waals surface area contributed by atoms with Crippen LogP contribution in [0, 0.1) is 0 Å². The van der Waals surface area contributed by atoms with E-state index in [1.54, 1.807) is 11.6 Å². The van der Waals surface area contributed by atoms with Gasteiger partial charge >= 0.3 is 0 Å². The van der Waals surface area contributed by atoms with Crippen LogP contribution in [0.3, 0.4) is 0 Å². The Morgan fingerprint density at radius 2 is 2.11 bits per heavy atom. The molecule has 0 saturated carbocycles. The van der Waals surface area contributed by atoms with Gasteiger partial charge < -0.3 is 10.3 Å². The second-order valence-corrected chi connectivity index (χ2v) is 7.34. The first-order valence-electron chi connectivity index (χ1n) is 9.75. The molecule has 0 radical (unpaired) electrons. The van der Waals surface area contributed by atoms with Crippen LogP contribution in [0.2, 0.25) is 0 Å². The molecule has 0 saturated heterocycles. The van der Waals surface area contributed by atoms with Gasteiger partial charge in [-0.15, -0.1) is 0 Å². The molecule has 3 aromatic rings. The first-order valence-corrected chi connectivity index (χ1v) is 9.75. The molecule has 2 aromatic carbocycles. The van der Waals surface area contributed by atoms with Crippen molar-refractivity contribution < 1.29 is 10.0 Å². The fraction of sp³-hybridized carbons (Fsp3) is 0.261. The molecule has 1 unspecified atom stereocenters. The molecule has 1 heterocycles. The number of H-pyrrole nitrogens is 1. The van der Waals surface area contributed by atoms with Crippen molar-refractivity contribution in [2.24, 2.45) is 0 Å². The van der Waals surface area contributed by atoms with Crippen LogP contribution in [0.5, 0.6) is 0 Å². The quantitative estimate of drug-likeness (QED) is 0.303. The molecular weight excluding hydrogens is 350 g/mol. The number of rotatable bonds is 6. The number of para-hydroxylation sites is 1. The Labute approximate surface area is 164 Å². The molecule has 0 spiro atoms. The number of fused-ring (bicyclic) bond motifs is 2. The van der Waals surface area contributed by atoms with Crippen LogP contribution in [0.15, 0.2) is 54.7 Å². The number of hydrogen-bond donors (Lipinski definition) is 4. The van der Waals surface area contributed by atoms with E-state index in [0.717, 1.165) is 37.8 Å². The van der Waals surface area contributed by atoms with Gasteiger partial charge in [-0.3, -0.25) is 10.0 Å². The number of hydroxylamine groups is 1. The zero-order chi connectivity index (χ0) is 19.3. The average molecular weight is 375 g/mol. The Kier molecular flexibility index (Phi) is 5.55. The van der Waals surface area contributed by atoms with Crippen molar-refractivity contribution in [2.75, 3.05) is 6.54 Å². The van der Waals surface area contributed by atoms with Gasteiger partial charge in [-0.05, 0) is 66.6 Å². The average Bonchev–Trinajstić information content (AvgIpc) is 3.15. The highest BCUT2D eigenvalue weighted by molar-refractivity contribution is 5.90. The Bertz CT molecular complexity index is 1010. The second kappa shape index (κ2) is 8.42. The summed E-state index contributed by atoms with van der Waals surface area (Å²) >= 11 is 0. The minimum Gasteiger partial charge on any atom is -0.361 e. The van der Waals surface area contributed by atoms with Crippen LogP contribution in [-0.4, -0.2) is 28.7 Å². The molecule has 0 bridgehead atoms.